The van der Waals surface area contributed by atoms with Crippen molar-refractivity contribution < 1.29 is 9.15 Å². The van der Waals surface area contributed by atoms with Crippen molar-refractivity contribution in [2.24, 2.45) is 4.99 Å². The summed E-state index contributed by atoms with van der Waals surface area (Å²) in [4.78, 5) is 13.9. The van der Waals surface area contributed by atoms with Gasteiger partial charge >= 0.3 is 0 Å². The van der Waals surface area contributed by atoms with Crippen molar-refractivity contribution in [1.82, 2.24) is 20.1 Å². The lowest BCUT2D eigenvalue weighted by Crippen LogP contribution is -2.53. The van der Waals surface area contributed by atoms with Gasteiger partial charge in [0.2, 0.25) is 5.89 Å². The molecule has 2 aromatic rings. The highest BCUT2D eigenvalue weighted by molar-refractivity contribution is 5.80. The lowest BCUT2D eigenvalue weighted by atomic mass is 9.94. The Morgan fingerprint density at radius 1 is 1.17 bits per heavy atom. The first kappa shape index (κ1) is 22.2. The maximum absolute atomic E-state index is 5.88. The molecule has 0 aliphatic carbocycles. The van der Waals surface area contributed by atoms with Crippen LogP contribution < -0.4 is 10.1 Å². The van der Waals surface area contributed by atoms with Crippen LogP contribution in [0, 0.1) is 0 Å². The molecule has 3 rings (SSSR count). The van der Waals surface area contributed by atoms with Gasteiger partial charge in [0.05, 0.1) is 6.20 Å². The number of aliphatic imine (C=N–C) groups is 1. The minimum Gasteiger partial charge on any atom is -0.492 e. The predicted octanol–water partition coefficient (Wildman–Crippen LogP) is 3.13. The van der Waals surface area contributed by atoms with Gasteiger partial charge in [0.25, 0.3) is 0 Å². The normalized spacial score (nSPS) is 16.0. The highest BCUT2D eigenvalue weighted by Crippen LogP contribution is 2.22. The van der Waals surface area contributed by atoms with Crippen LogP contribution in [0.1, 0.15) is 39.3 Å². The van der Waals surface area contributed by atoms with Gasteiger partial charge in [0.15, 0.2) is 5.96 Å². The molecular formula is C23H35N5O2. The SMILES string of the molecule is CCNC(=NCc1ncc(C(C)(C)C)o1)N1CCN(CCOc2ccccc2)CC1. The van der Waals surface area contributed by atoms with Crippen molar-refractivity contribution in [3.05, 3.63) is 48.2 Å². The van der Waals surface area contributed by atoms with Crippen LogP contribution in [-0.2, 0) is 12.0 Å². The fourth-order valence-corrected chi connectivity index (χ4v) is 3.29. The largest absolute Gasteiger partial charge is 0.492 e. The molecule has 0 amide bonds. The summed E-state index contributed by atoms with van der Waals surface area (Å²) >= 11 is 0. The molecule has 2 heterocycles. The number of rotatable bonds is 7. The van der Waals surface area contributed by atoms with E-state index in [4.69, 9.17) is 14.1 Å². The number of hydrogen-bond donors (Lipinski definition) is 1. The van der Waals surface area contributed by atoms with Crippen LogP contribution in [0.25, 0.3) is 0 Å². The van der Waals surface area contributed by atoms with Crippen molar-refractivity contribution in [2.45, 2.75) is 39.7 Å². The molecule has 1 saturated heterocycles. The van der Waals surface area contributed by atoms with E-state index in [9.17, 15) is 0 Å². The summed E-state index contributed by atoms with van der Waals surface area (Å²) in [6.45, 7) is 15.2. The van der Waals surface area contributed by atoms with Gasteiger partial charge < -0.3 is 19.4 Å². The standard InChI is InChI=1S/C23H35N5O2/c1-5-24-22(26-18-21-25-17-20(30-21)23(2,3)4)28-13-11-27(12-14-28)15-16-29-19-9-7-6-8-10-19/h6-10,17H,5,11-16,18H2,1-4H3,(H,24,26). The van der Waals surface area contributed by atoms with Gasteiger partial charge in [-0.2, -0.15) is 0 Å². The Balaban J connectivity index is 1.47. The van der Waals surface area contributed by atoms with Crippen molar-refractivity contribution in [1.29, 1.82) is 0 Å². The molecule has 164 valence electrons. The summed E-state index contributed by atoms with van der Waals surface area (Å²) in [5.41, 5.74) is -0.0417. The highest BCUT2D eigenvalue weighted by Gasteiger charge is 2.21. The maximum Gasteiger partial charge on any atom is 0.216 e. The lowest BCUT2D eigenvalue weighted by molar-refractivity contribution is 0.152. The molecule has 1 N–H and O–H groups in total. The molecule has 1 aliphatic heterocycles. The van der Waals surface area contributed by atoms with Crippen LogP contribution in [0.5, 0.6) is 5.75 Å². The van der Waals surface area contributed by atoms with Crippen LogP contribution in [-0.4, -0.2) is 66.6 Å². The molecule has 0 unspecified atom stereocenters. The third-order valence-corrected chi connectivity index (χ3v) is 5.08. The Morgan fingerprint density at radius 2 is 1.90 bits per heavy atom. The van der Waals surface area contributed by atoms with Crippen LogP contribution in [0.15, 0.2) is 45.9 Å². The zero-order chi connectivity index (χ0) is 21.4. The lowest BCUT2D eigenvalue weighted by Gasteiger charge is -2.36. The Kier molecular flexibility index (Phi) is 7.74. The summed E-state index contributed by atoms with van der Waals surface area (Å²) in [7, 11) is 0. The monoisotopic (exact) mass is 413 g/mol. The van der Waals surface area contributed by atoms with E-state index in [2.05, 4.69) is 47.8 Å². The number of para-hydroxylation sites is 1. The zero-order valence-electron chi connectivity index (χ0n) is 18.7. The Bertz CT molecular complexity index is 789. The van der Waals surface area contributed by atoms with Crippen molar-refractivity contribution in [3.8, 4) is 5.75 Å². The van der Waals surface area contributed by atoms with E-state index in [1.54, 1.807) is 0 Å². The molecular weight excluding hydrogens is 378 g/mol. The second-order valence-corrected chi connectivity index (χ2v) is 8.53. The van der Waals surface area contributed by atoms with Crippen LogP contribution in [0.2, 0.25) is 0 Å². The Hall–Kier alpha value is -2.54. The third kappa shape index (κ3) is 6.49. The highest BCUT2D eigenvalue weighted by atomic mass is 16.5. The van der Waals surface area contributed by atoms with Crippen molar-refractivity contribution in [2.75, 3.05) is 45.9 Å². The number of aromatic nitrogens is 1. The summed E-state index contributed by atoms with van der Waals surface area (Å²) < 4.78 is 11.7. The Morgan fingerprint density at radius 3 is 2.53 bits per heavy atom. The molecule has 30 heavy (non-hydrogen) atoms. The third-order valence-electron chi connectivity index (χ3n) is 5.08. The number of hydrogen-bond acceptors (Lipinski definition) is 5. The first-order valence-corrected chi connectivity index (χ1v) is 10.8. The molecule has 1 fully saturated rings. The van der Waals surface area contributed by atoms with E-state index >= 15 is 0 Å². The first-order chi connectivity index (χ1) is 14.5. The molecule has 7 nitrogen and oxygen atoms in total. The number of nitrogens with zero attached hydrogens (tertiary/aromatic N) is 4. The number of guanidine groups is 1. The molecule has 0 radical (unpaired) electrons. The van der Waals surface area contributed by atoms with Crippen LogP contribution in [0.4, 0.5) is 0 Å². The van der Waals surface area contributed by atoms with Gasteiger partial charge in [0, 0.05) is 44.7 Å². The number of nitrogens with one attached hydrogen (secondary N) is 1. The fraction of sp³-hybridized carbons (Fsp3) is 0.565. The molecule has 1 aromatic heterocycles. The number of ether oxygens (including phenoxy) is 1. The van der Waals surface area contributed by atoms with Gasteiger partial charge in [-0.3, -0.25) is 4.90 Å². The molecule has 0 spiro atoms. The van der Waals surface area contributed by atoms with Gasteiger partial charge in [-0.1, -0.05) is 39.0 Å². The minimum absolute atomic E-state index is 0.0417. The summed E-state index contributed by atoms with van der Waals surface area (Å²) in [5, 5.41) is 3.40. The Labute approximate surface area is 180 Å². The van der Waals surface area contributed by atoms with Gasteiger partial charge in [-0.25, -0.2) is 9.98 Å². The topological polar surface area (TPSA) is 66.1 Å². The van der Waals surface area contributed by atoms with E-state index < -0.39 is 0 Å². The van der Waals surface area contributed by atoms with Gasteiger partial charge in [-0.05, 0) is 19.1 Å². The van der Waals surface area contributed by atoms with E-state index in [1.165, 1.54) is 0 Å². The average molecular weight is 414 g/mol. The van der Waals surface area contributed by atoms with Crippen LogP contribution in [0.3, 0.4) is 0 Å². The van der Waals surface area contributed by atoms with E-state index in [-0.39, 0.29) is 5.41 Å². The first-order valence-electron chi connectivity index (χ1n) is 10.8. The summed E-state index contributed by atoms with van der Waals surface area (Å²) in [6, 6.07) is 9.99. The van der Waals surface area contributed by atoms with Gasteiger partial charge in [-0.15, -0.1) is 0 Å². The smallest absolute Gasteiger partial charge is 0.216 e. The minimum atomic E-state index is -0.0417. The summed E-state index contributed by atoms with van der Waals surface area (Å²) in [5.74, 6) is 3.41. The zero-order valence-corrected chi connectivity index (χ0v) is 18.7. The molecule has 1 aliphatic rings. The molecule has 7 heteroatoms. The summed E-state index contributed by atoms with van der Waals surface area (Å²) in [6.07, 6.45) is 1.81. The number of benzene rings is 1. The van der Waals surface area contributed by atoms with Crippen molar-refractivity contribution >= 4 is 5.96 Å². The number of piperazine rings is 1. The number of oxazole rings is 1. The van der Waals surface area contributed by atoms with E-state index in [0.717, 1.165) is 56.7 Å². The quantitative estimate of drug-likeness (QED) is 0.556. The second-order valence-electron chi connectivity index (χ2n) is 8.53. The van der Waals surface area contributed by atoms with Gasteiger partial charge in [0.1, 0.15) is 24.7 Å². The molecule has 1 aromatic carbocycles. The maximum atomic E-state index is 5.88. The molecule has 0 bridgehead atoms. The molecule has 0 saturated carbocycles. The molecule has 0 atom stereocenters. The fourth-order valence-electron chi connectivity index (χ4n) is 3.29. The van der Waals surface area contributed by atoms with Crippen molar-refractivity contribution in [3.63, 3.8) is 0 Å². The van der Waals surface area contributed by atoms with E-state index in [1.807, 2.05) is 36.5 Å². The predicted molar refractivity (Wildman–Crippen MR) is 120 cm³/mol. The second kappa shape index (κ2) is 10.5. The average Bonchev–Trinajstić information content (AvgIpc) is 3.22. The van der Waals surface area contributed by atoms with Crippen LogP contribution >= 0.6 is 0 Å². The van der Waals surface area contributed by atoms with E-state index in [0.29, 0.717) is 19.0 Å².